The van der Waals surface area contributed by atoms with Crippen LogP contribution in [0.2, 0.25) is 5.02 Å². The first-order valence-corrected chi connectivity index (χ1v) is 4.06. The molecule has 7 heteroatoms. The lowest BCUT2D eigenvalue weighted by molar-refractivity contribution is 0.317. The Morgan fingerprint density at radius 2 is 2.13 bits per heavy atom. The lowest BCUT2D eigenvalue weighted by Gasteiger charge is -2.04. The van der Waals surface area contributed by atoms with E-state index in [0.29, 0.717) is 5.02 Å². The molecular formula is C8H12Cl3N3O. The number of hydrogen-bond acceptors (Lipinski definition) is 3. The van der Waals surface area contributed by atoms with Gasteiger partial charge in [-0.3, -0.25) is 0 Å². The molecule has 0 saturated carbocycles. The summed E-state index contributed by atoms with van der Waals surface area (Å²) in [5, 5.41) is 14.7. The van der Waals surface area contributed by atoms with Gasteiger partial charge in [0.15, 0.2) is 5.84 Å². The van der Waals surface area contributed by atoms with Crippen LogP contribution in [0, 0.1) is 0 Å². The number of benzene rings is 1. The van der Waals surface area contributed by atoms with Crippen molar-refractivity contribution in [1.29, 1.82) is 0 Å². The Bertz CT molecular complexity index is 320. The molecule has 4 nitrogen and oxygen atoms in total. The van der Waals surface area contributed by atoms with E-state index in [1.165, 1.54) is 0 Å². The number of anilines is 1. The topological polar surface area (TPSA) is 70.6 Å². The molecule has 0 spiro atoms. The minimum absolute atomic E-state index is 0. The SMILES string of the molecule is Cl.Cl.NC(CNc1cccc(Cl)c1)=NO. The van der Waals surface area contributed by atoms with E-state index in [-0.39, 0.29) is 37.2 Å². The van der Waals surface area contributed by atoms with Crippen molar-refractivity contribution in [3.63, 3.8) is 0 Å². The van der Waals surface area contributed by atoms with Gasteiger partial charge in [0, 0.05) is 10.7 Å². The minimum atomic E-state index is 0. The summed E-state index contributed by atoms with van der Waals surface area (Å²) in [7, 11) is 0. The fourth-order valence-corrected chi connectivity index (χ4v) is 1.02. The van der Waals surface area contributed by atoms with Crippen LogP contribution < -0.4 is 11.1 Å². The van der Waals surface area contributed by atoms with E-state index in [1.807, 2.05) is 12.1 Å². The zero-order valence-corrected chi connectivity index (χ0v) is 10.1. The average Bonchev–Trinajstić information content (AvgIpc) is 2.14. The fourth-order valence-electron chi connectivity index (χ4n) is 0.826. The van der Waals surface area contributed by atoms with Gasteiger partial charge in [0.2, 0.25) is 0 Å². The molecule has 0 heterocycles. The van der Waals surface area contributed by atoms with Crippen molar-refractivity contribution in [3.8, 4) is 0 Å². The second-order valence-electron chi connectivity index (χ2n) is 2.46. The molecule has 1 aromatic rings. The first-order chi connectivity index (χ1) is 6.22. The Hall–Kier alpha value is -0.840. The van der Waals surface area contributed by atoms with E-state index >= 15 is 0 Å². The number of nitrogens with zero attached hydrogens (tertiary/aromatic N) is 1. The van der Waals surface area contributed by atoms with Crippen molar-refractivity contribution in [1.82, 2.24) is 0 Å². The highest BCUT2D eigenvalue weighted by Crippen LogP contribution is 2.14. The first kappa shape index (κ1) is 16.6. The normalized spacial score (nSPS) is 9.80. The molecule has 0 bridgehead atoms. The van der Waals surface area contributed by atoms with Crippen molar-refractivity contribution < 1.29 is 5.21 Å². The zero-order valence-electron chi connectivity index (χ0n) is 7.68. The fraction of sp³-hybridized carbons (Fsp3) is 0.125. The van der Waals surface area contributed by atoms with Gasteiger partial charge in [0.1, 0.15) is 0 Å². The molecule has 0 unspecified atom stereocenters. The number of hydrogen-bond donors (Lipinski definition) is 3. The standard InChI is InChI=1S/C8H10ClN3O.2ClH/c9-6-2-1-3-7(4-6)11-5-8(10)12-13;;/h1-4,11,13H,5H2,(H2,10,12);2*1H. The highest BCUT2D eigenvalue weighted by Gasteiger charge is 1.94. The highest BCUT2D eigenvalue weighted by molar-refractivity contribution is 6.30. The lowest BCUT2D eigenvalue weighted by Crippen LogP contribution is -2.22. The van der Waals surface area contributed by atoms with E-state index in [1.54, 1.807) is 12.1 Å². The molecule has 86 valence electrons. The number of halogens is 3. The van der Waals surface area contributed by atoms with Gasteiger partial charge in [-0.1, -0.05) is 22.8 Å². The molecule has 4 N–H and O–H groups in total. The predicted octanol–water partition coefficient (Wildman–Crippen LogP) is 2.34. The van der Waals surface area contributed by atoms with E-state index in [4.69, 9.17) is 22.5 Å². The number of rotatable bonds is 3. The number of nitrogens with one attached hydrogen (secondary N) is 1. The summed E-state index contributed by atoms with van der Waals surface area (Å²) in [5.74, 6) is 0.125. The number of nitrogens with two attached hydrogens (primary N) is 1. The Balaban J connectivity index is 0. The van der Waals surface area contributed by atoms with Crippen LogP contribution in [0.1, 0.15) is 0 Å². The molecule has 0 aliphatic rings. The van der Waals surface area contributed by atoms with Gasteiger partial charge in [-0.05, 0) is 18.2 Å². The summed E-state index contributed by atoms with van der Waals surface area (Å²) in [4.78, 5) is 0. The van der Waals surface area contributed by atoms with Crippen LogP contribution in [-0.2, 0) is 0 Å². The van der Waals surface area contributed by atoms with Crippen LogP contribution in [0.15, 0.2) is 29.4 Å². The lowest BCUT2D eigenvalue weighted by atomic mass is 10.3. The Morgan fingerprint density at radius 1 is 1.47 bits per heavy atom. The van der Waals surface area contributed by atoms with Crippen LogP contribution in [-0.4, -0.2) is 17.6 Å². The highest BCUT2D eigenvalue weighted by atomic mass is 35.5. The molecule has 1 aromatic carbocycles. The number of amidine groups is 1. The third kappa shape index (κ3) is 6.28. The van der Waals surface area contributed by atoms with Crippen LogP contribution in [0.5, 0.6) is 0 Å². The quantitative estimate of drug-likeness (QED) is 0.342. The van der Waals surface area contributed by atoms with Gasteiger partial charge in [0.25, 0.3) is 0 Å². The zero-order chi connectivity index (χ0) is 9.68. The van der Waals surface area contributed by atoms with Crippen LogP contribution >= 0.6 is 36.4 Å². The molecule has 0 aromatic heterocycles. The van der Waals surface area contributed by atoms with Gasteiger partial charge in [0.05, 0.1) is 6.54 Å². The van der Waals surface area contributed by atoms with Gasteiger partial charge in [-0.2, -0.15) is 0 Å². The second kappa shape index (κ2) is 8.47. The third-order valence-electron chi connectivity index (χ3n) is 1.43. The molecule has 0 amide bonds. The summed E-state index contributed by atoms with van der Waals surface area (Å²) < 4.78 is 0. The summed E-state index contributed by atoms with van der Waals surface area (Å²) in [6.45, 7) is 0.289. The molecule has 1 rings (SSSR count). The second-order valence-corrected chi connectivity index (χ2v) is 2.89. The molecule has 0 saturated heterocycles. The van der Waals surface area contributed by atoms with E-state index < -0.39 is 0 Å². The van der Waals surface area contributed by atoms with Crippen LogP contribution in [0.25, 0.3) is 0 Å². The van der Waals surface area contributed by atoms with Crippen molar-refractivity contribution >= 4 is 47.9 Å². The monoisotopic (exact) mass is 271 g/mol. The van der Waals surface area contributed by atoms with Gasteiger partial charge in [-0.15, -0.1) is 24.8 Å². The Morgan fingerprint density at radius 3 is 2.67 bits per heavy atom. The van der Waals surface area contributed by atoms with Crippen LogP contribution in [0.3, 0.4) is 0 Å². The largest absolute Gasteiger partial charge is 0.409 e. The summed E-state index contributed by atoms with van der Waals surface area (Å²) in [6, 6.07) is 7.19. The molecular weight excluding hydrogens is 260 g/mol. The van der Waals surface area contributed by atoms with Gasteiger partial charge < -0.3 is 16.3 Å². The van der Waals surface area contributed by atoms with E-state index in [2.05, 4.69) is 10.5 Å². The third-order valence-corrected chi connectivity index (χ3v) is 1.66. The van der Waals surface area contributed by atoms with Crippen molar-refractivity contribution in [2.24, 2.45) is 10.9 Å². The smallest absolute Gasteiger partial charge is 0.158 e. The minimum Gasteiger partial charge on any atom is -0.409 e. The molecule has 0 radical (unpaired) electrons. The van der Waals surface area contributed by atoms with E-state index in [9.17, 15) is 0 Å². The maximum atomic E-state index is 8.26. The molecule has 0 atom stereocenters. The molecule has 0 fully saturated rings. The maximum absolute atomic E-state index is 8.26. The predicted molar refractivity (Wildman–Crippen MR) is 67.8 cm³/mol. The average molecular weight is 273 g/mol. The number of oxime groups is 1. The Labute approximate surface area is 105 Å². The van der Waals surface area contributed by atoms with Crippen molar-refractivity contribution in [2.75, 3.05) is 11.9 Å². The van der Waals surface area contributed by atoms with Gasteiger partial charge in [-0.25, -0.2) is 0 Å². The first-order valence-electron chi connectivity index (χ1n) is 3.68. The summed E-state index contributed by atoms with van der Waals surface area (Å²) in [6.07, 6.45) is 0. The van der Waals surface area contributed by atoms with Gasteiger partial charge >= 0.3 is 0 Å². The van der Waals surface area contributed by atoms with Crippen molar-refractivity contribution in [3.05, 3.63) is 29.3 Å². The molecule has 0 aliphatic heterocycles. The van der Waals surface area contributed by atoms with Crippen molar-refractivity contribution in [2.45, 2.75) is 0 Å². The maximum Gasteiger partial charge on any atom is 0.158 e. The molecule has 15 heavy (non-hydrogen) atoms. The van der Waals surface area contributed by atoms with E-state index in [0.717, 1.165) is 5.69 Å². The molecule has 0 aliphatic carbocycles. The Kier molecular flexibility index (Phi) is 9.36. The summed E-state index contributed by atoms with van der Waals surface area (Å²) >= 11 is 5.74. The summed E-state index contributed by atoms with van der Waals surface area (Å²) in [5.41, 5.74) is 6.10. The van der Waals surface area contributed by atoms with Crippen LogP contribution in [0.4, 0.5) is 5.69 Å².